The van der Waals surface area contributed by atoms with Crippen LogP contribution >= 0.6 is 0 Å². The molecule has 2 atom stereocenters. The van der Waals surface area contributed by atoms with Gasteiger partial charge < -0.3 is 10.5 Å². The van der Waals surface area contributed by atoms with Gasteiger partial charge in [-0.15, -0.1) is 0 Å². The lowest BCUT2D eigenvalue weighted by Gasteiger charge is -2.19. The Bertz CT molecular complexity index is 386. The number of hydrogen-bond acceptors (Lipinski definition) is 3. The molecule has 0 aliphatic carbocycles. The predicted octanol–water partition coefficient (Wildman–Crippen LogP) is 2.06. The number of hydrogen-bond donors (Lipinski definition) is 1. The summed E-state index contributed by atoms with van der Waals surface area (Å²) in [7, 11) is 0. The average molecular weight is 233 g/mol. The van der Waals surface area contributed by atoms with Crippen LogP contribution in [0.5, 0.6) is 0 Å². The first-order valence-corrected chi connectivity index (χ1v) is 5.63. The summed E-state index contributed by atoms with van der Waals surface area (Å²) in [5.74, 6) is -0.148. The predicted molar refractivity (Wildman–Crippen MR) is 68.5 cm³/mol. The number of carbonyl (C=O) groups is 1. The molecule has 0 saturated heterocycles. The smallest absolute Gasteiger partial charge is 0.177 e. The monoisotopic (exact) mass is 233 g/mol. The van der Waals surface area contributed by atoms with E-state index in [9.17, 15) is 4.79 Å². The van der Waals surface area contributed by atoms with Crippen molar-refractivity contribution < 1.29 is 9.53 Å². The molecule has 0 radical (unpaired) electrons. The van der Waals surface area contributed by atoms with Crippen LogP contribution in [0, 0.1) is 0 Å². The molecule has 3 heteroatoms. The first-order valence-electron chi connectivity index (χ1n) is 5.63. The van der Waals surface area contributed by atoms with Crippen LogP contribution in [0.25, 0.3) is 0 Å². The highest BCUT2D eigenvalue weighted by Gasteiger charge is 2.21. The van der Waals surface area contributed by atoms with Crippen LogP contribution in [0.15, 0.2) is 42.5 Å². The Balaban J connectivity index is 2.47. The van der Waals surface area contributed by atoms with Crippen LogP contribution < -0.4 is 5.73 Å². The molecule has 3 nitrogen and oxygen atoms in total. The van der Waals surface area contributed by atoms with E-state index >= 15 is 0 Å². The van der Waals surface area contributed by atoms with Gasteiger partial charge in [0, 0.05) is 0 Å². The zero-order valence-corrected chi connectivity index (χ0v) is 10.3. The number of benzene rings is 1. The average Bonchev–Trinajstić information content (AvgIpc) is 2.35. The van der Waals surface area contributed by atoms with Crippen molar-refractivity contribution in [1.82, 2.24) is 0 Å². The Kier molecular flexibility index (Phi) is 5.07. The molecular formula is C14H19NO2. The summed E-state index contributed by atoms with van der Waals surface area (Å²) >= 11 is 0. The van der Waals surface area contributed by atoms with E-state index in [2.05, 4.69) is 6.58 Å². The molecule has 1 aromatic carbocycles. The van der Waals surface area contributed by atoms with Crippen LogP contribution in [0.1, 0.15) is 19.4 Å². The normalized spacial score (nSPS) is 14.1. The van der Waals surface area contributed by atoms with E-state index in [-0.39, 0.29) is 11.9 Å². The van der Waals surface area contributed by atoms with Gasteiger partial charge in [-0.05, 0) is 25.0 Å². The number of ketones is 1. The van der Waals surface area contributed by atoms with Crippen LogP contribution in [-0.4, -0.2) is 17.9 Å². The highest BCUT2D eigenvalue weighted by Crippen LogP contribution is 2.07. The van der Waals surface area contributed by atoms with E-state index in [1.807, 2.05) is 30.3 Å². The van der Waals surface area contributed by atoms with Gasteiger partial charge in [0.15, 0.2) is 5.78 Å². The third kappa shape index (κ3) is 4.13. The fourth-order valence-corrected chi connectivity index (χ4v) is 1.40. The lowest BCUT2D eigenvalue weighted by atomic mass is 10.0. The highest BCUT2D eigenvalue weighted by molar-refractivity contribution is 5.98. The van der Waals surface area contributed by atoms with Gasteiger partial charge in [-0.25, -0.2) is 0 Å². The standard InChI is InChI=1S/C14H19NO2/c1-10(2)14(16)13(15)11(3)17-9-12-7-5-4-6-8-12/h4-8,11,13H,1,9,15H2,2-3H3. The molecule has 17 heavy (non-hydrogen) atoms. The van der Waals surface area contributed by atoms with Crippen molar-refractivity contribution in [3.8, 4) is 0 Å². The number of Topliss-reactive ketones (excluding diaryl/α,β-unsaturated/α-hetero) is 1. The Morgan fingerprint density at radius 3 is 2.53 bits per heavy atom. The van der Waals surface area contributed by atoms with Crippen molar-refractivity contribution in [3.05, 3.63) is 48.0 Å². The lowest BCUT2D eigenvalue weighted by Crippen LogP contribution is -2.42. The molecule has 2 unspecified atom stereocenters. The number of carbonyl (C=O) groups excluding carboxylic acids is 1. The second kappa shape index (κ2) is 6.33. The maximum atomic E-state index is 11.6. The molecule has 0 spiro atoms. The summed E-state index contributed by atoms with van der Waals surface area (Å²) in [4.78, 5) is 11.6. The largest absolute Gasteiger partial charge is 0.372 e. The molecule has 1 aromatic rings. The van der Waals surface area contributed by atoms with Crippen molar-refractivity contribution in [3.63, 3.8) is 0 Å². The molecule has 2 N–H and O–H groups in total. The summed E-state index contributed by atoms with van der Waals surface area (Å²) in [5, 5.41) is 0. The van der Waals surface area contributed by atoms with Gasteiger partial charge >= 0.3 is 0 Å². The van der Waals surface area contributed by atoms with Gasteiger partial charge in [-0.2, -0.15) is 0 Å². The third-order valence-electron chi connectivity index (χ3n) is 2.58. The fraction of sp³-hybridized carbons (Fsp3) is 0.357. The quantitative estimate of drug-likeness (QED) is 0.765. The van der Waals surface area contributed by atoms with Gasteiger partial charge in [0.1, 0.15) is 0 Å². The Hall–Kier alpha value is -1.45. The minimum Gasteiger partial charge on any atom is -0.372 e. The lowest BCUT2D eigenvalue weighted by molar-refractivity contribution is -0.120. The SMILES string of the molecule is C=C(C)C(=O)C(N)C(C)OCc1ccccc1. The molecule has 0 aliphatic rings. The van der Waals surface area contributed by atoms with Crippen LogP contribution in [0.3, 0.4) is 0 Å². The molecule has 0 fully saturated rings. The first kappa shape index (κ1) is 13.6. The van der Waals surface area contributed by atoms with E-state index in [1.54, 1.807) is 13.8 Å². The number of rotatable bonds is 6. The van der Waals surface area contributed by atoms with Crippen molar-refractivity contribution in [2.75, 3.05) is 0 Å². The van der Waals surface area contributed by atoms with Crippen molar-refractivity contribution in [1.29, 1.82) is 0 Å². The van der Waals surface area contributed by atoms with Crippen molar-refractivity contribution >= 4 is 5.78 Å². The Labute approximate surface area is 102 Å². The van der Waals surface area contributed by atoms with Crippen LogP contribution in [0.2, 0.25) is 0 Å². The molecule has 1 rings (SSSR count). The van der Waals surface area contributed by atoms with Crippen molar-refractivity contribution in [2.45, 2.75) is 32.6 Å². The van der Waals surface area contributed by atoms with E-state index in [1.165, 1.54) is 0 Å². The molecule has 0 heterocycles. The summed E-state index contributed by atoms with van der Waals surface area (Å²) in [6.07, 6.45) is -0.320. The molecular weight excluding hydrogens is 214 g/mol. The van der Waals surface area contributed by atoms with E-state index < -0.39 is 6.04 Å². The Morgan fingerprint density at radius 2 is 2.00 bits per heavy atom. The topological polar surface area (TPSA) is 52.3 Å². The highest BCUT2D eigenvalue weighted by atomic mass is 16.5. The summed E-state index contributed by atoms with van der Waals surface area (Å²) < 4.78 is 5.57. The van der Waals surface area contributed by atoms with E-state index in [4.69, 9.17) is 10.5 Å². The molecule has 0 aromatic heterocycles. The summed E-state index contributed by atoms with van der Waals surface area (Å²) in [5.41, 5.74) is 7.32. The maximum absolute atomic E-state index is 11.6. The van der Waals surface area contributed by atoms with Gasteiger partial charge in [-0.1, -0.05) is 36.9 Å². The second-order valence-electron chi connectivity index (χ2n) is 4.17. The first-order chi connectivity index (χ1) is 8.02. The summed E-state index contributed by atoms with van der Waals surface area (Å²) in [6.45, 7) is 7.51. The summed E-state index contributed by atoms with van der Waals surface area (Å²) in [6, 6.07) is 9.14. The van der Waals surface area contributed by atoms with Gasteiger partial charge in [0.05, 0.1) is 18.8 Å². The van der Waals surface area contributed by atoms with Crippen LogP contribution in [-0.2, 0) is 16.1 Å². The zero-order valence-electron chi connectivity index (χ0n) is 10.3. The minimum atomic E-state index is -0.642. The number of ether oxygens (including phenoxy) is 1. The minimum absolute atomic E-state index is 0.148. The van der Waals surface area contributed by atoms with Crippen molar-refractivity contribution in [2.24, 2.45) is 5.73 Å². The van der Waals surface area contributed by atoms with E-state index in [0.717, 1.165) is 5.56 Å². The zero-order chi connectivity index (χ0) is 12.8. The molecule has 92 valence electrons. The third-order valence-corrected chi connectivity index (χ3v) is 2.58. The molecule has 0 saturated carbocycles. The number of nitrogens with two attached hydrogens (primary N) is 1. The van der Waals surface area contributed by atoms with Gasteiger partial charge in [0.2, 0.25) is 0 Å². The molecule has 0 amide bonds. The van der Waals surface area contributed by atoms with Crippen LogP contribution in [0.4, 0.5) is 0 Å². The van der Waals surface area contributed by atoms with E-state index in [0.29, 0.717) is 12.2 Å². The maximum Gasteiger partial charge on any atom is 0.177 e. The van der Waals surface area contributed by atoms with Gasteiger partial charge in [-0.3, -0.25) is 4.79 Å². The molecule has 0 bridgehead atoms. The Morgan fingerprint density at radius 1 is 1.41 bits per heavy atom. The second-order valence-corrected chi connectivity index (χ2v) is 4.17. The molecule has 0 aliphatic heterocycles. The van der Waals surface area contributed by atoms with Gasteiger partial charge in [0.25, 0.3) is 0 Å². The fourth-order valence-electron chi connectivity index (χ4n) is 1.40.